The van der Waals surface area contributed by atoms with Gasteiger partial charge in [-0.3, -0.25) is 9.59 Å². The molecular weight excluding hydrogens is 461 g/mol. The highest BCUT2D eigenvalue weighted by atomic mass is 19.1. The van der Waals surface area contributed by atoms with E-state index in [-0.39, 0.29) is 36.6 Å². The number of likely N-dealkylation sites (tertiary alicyclic amines) is 1. The van der Waals surface area contributed by atoms with Crippen LogP contribution in [-0.4, -0.2) is 53.4 Å². The summed E-state index contributed by atoms with van der Waals surface area (Å²) in [5.74, 6) is -2.82. The number of carbonyl (C=O) groups is 2. The molecule has 0 bridgehead atoms. The summed E-state index contributed by atoms with van der Waals surface area (Å²) in [6.45, 7) is 3.04. The lowest BCUT2D eigenvalue weighted by Crippen LogP contribution is -2.87. The Kier molecular flexibility index (Phi) is 7.37. The van der Waals surface area contributed by atoms with Crippen molar-refractivity contribution in [3.05, 3.63) is 70.8 Å². The highest BCUT2D eigenvalue weighted by molar-refractivity contribution is 5.90. The van der Waals surface area contributed by atoms with E-state index >= 15 is 0 Å². The zero-order valence-electron chi connectivity index (χ0n) is 19.4. The van der Waals surface area contributed by atoms with Crippen LogP contribution in [0.15, 0.2) is 47.6 Å². The summed E-state index contributed by atoms with van der Waals surface area (Å²) in [4.78, 5) is 27.3. The summed E-state index contributed by atoms with van der Waals surface area (Å²) in [7, 11) is 0. The molecule has 2 aromatic rings. The Morgan fingerprint density at radius 2 is 1.86 bits per heavy atom. The third kappa shape index (κ3) is 5.46. The van der Waals surface area contributed by atoms with Gasteiger partial charge in [0.25, 0.3) is 0 Å². The van der Waals surface area contributed by atoms with Gasteiger partial charge >= 0.3 is 0 Å². The van der Waals surface area contributed by atoms with E-state index in [1.807, 2.05) is 0 Å². The molecule has 2 aliphatic heterocycles. The van der Waals surface area contributed by atoms with Crippen LogP contribution in [0.4, 0.5) is 13.2 Å². The number of amides is 2. The van der Waals surface area contributed by atoms with Gasteiger partial charge in [-0.2, -0.15) is 0 Å². The van der Waals surface area contributed by atoms with Crippen LogP contribution < -0.4 is 16.4 Å². The van der Waals surface area contributed by atoms with Gasteiger partial charge in [0.05, 0.1) is 12.6 Å². The van der Waals surface area contributed by atoms with E-state index in [4.69, 9.17) is 0 Å². The molecule has 11 heteroatoms. The van der Waals surface area contributed by atoms with E-state index < -0.39 is 41.7 Å². The molecule has 0 saturated carbocycles. The summed E-state index contributed by atoms with van der Waals surface area (Å²) < 4.78 is 44.0. The number of hydrogen-bond donors (Lipinski definition) is 3. The molecule has 0 aromatic heterocycles. The third-order valence-electron chi connectivity index (χ3n) is 6.11. The first-order chi connectivity index (χ1) is 16.7. The maximum Gasteiger partial charge on any atom is 0.244 e. The molecule has 3 atom stereocenters. The van der Waals surface area contributed by atoms with Gasteiger partial charge in [-0.15, -0.1) is 5.53 Å². The number of rotatable bonds is 7. The molecular formula is C24H28F3N6O2+. The maximum absolute atomic E-state index is 14.8. The van der Waals surface area contributed by atoms with Crippen molar-refractivity contribution in [1.82, 2.24) is 20.8 Å². The fourth-order valence-corrected chi connectivity index (χ4v) is 4.45. The van der Waals surface area contributed by atoms with Crippen molar-refractivity contribution in [2.24, 2.45) is 5.10 Å². The predicted molar refractivity (Wildman–Crippen MR) is 122 cm³/mol. The van der Waals surface area contributed by atoms with E-state index in [1.54, 1.807) is 44.2 Å². The first-order valence-corrected chi connectivity index (χ1v) is 11.4. The van der Waals surface area contributed by atoms with Crippen molar-refractivity contribution in [1.29, 1.82) is 0 Å². The van der Waals surface area contributed by atoms with Crippen LogP contribution in [-0.2, 0) is 9.59 Å². The molecule has 2 aromatic carbocycles. The molecule has 186 valence electrons. The smallest absolute Gasteiger partial charge is 0.244 e. The Bertz CT molecular complexity index is 1090. The van der Waals surface area contributed by atoms with E-state index in [1.165, 1.54) is 33.9 Å². The number of nitrogens with zero attached hydrogens (tertiary/aromatic N) is 3. The first kappa shape index (κ1) is 24.7. The highest BCUT2D eigenvalue weighted by Crippen LogP contribution is 2.30. The van der Waals surface area contributed by atoms with Gasteiger partial charge in [-0.25, -0.2) is 18.2 Å². The van der Waals surface area contributed by atoms with Gasteiger partial charge in [-0.05, 0) is 34.7 Å². The number of hydrogen-bond acceptors (Lipinski definition) is 5. The molecule has 2 amide bonds. The van der Waals surface area contributed by atoms with Crippen LogP contribution in [0.3, 0.4) is 0 Å². The Labute approximate surface area is 201 Å². The lowest BCUT2D eigenvalue weighted by atomic mass is 9.93. The van der Waals surface area contributed by atoms with Crippen molar-refractivity contribution in [3.63, 3.8) is 0 Å². The number of alkyl halides is 1. The number of hydrazine groups is 1. The summed E-state index contributed by atoms with van der Waals surface area (Å²) >= 11 is 0. The Hall–Kier alpha value is -3.44. The van der Waals surface area contributed by atoms with Gasteiger partial charge in [0.2, 0.25) is 11.8 Å². The van der Waals surface area contributed by atoms with Gasteiger partial charge < -0.3 is 10.2 Å². The fraction of sp³-hybridized carbons (Fsp3) is 0.375. The number of halogens is 3. The number of benzene rings is 2. The largest absolute Gasteiger partial charge is 0.343 e. The summed E-state index contributed by atoms with van der Waals surface area (Å²) in [6, 6.07) is 9.18. The van der Waals surface area contributed by atoms with E-state index in [0.717, 1.165) is 0 Å². The minimum atomic E-state index is -1.36. The predicted octanol–water partition coefficient (Wildman–Crippen LogP) is 1.47. The molecule has 0 spiro atoms. The molecule has 0 unspecified atom stereocenters. The van der Waals surface area contributed by atoms with Gasteiger partial charge in [0, 0.05) is 12.0 Å². The van der Waals surface area contributed by atoms with Crippen molar-refractivity contribution < 1.29 is 28.3 Å². The molecule has 1 saturated heterocycles. The lowest BCUT2D eigenvalue weighted by Gasteiger charge is -2.28. The maximum atomic E-state index is 14.8. The SMILES string of the molecule is CC(C)c1c(F)cc([C@@H](NC(=O)[C@@H]2C[C@@H](F)CN2C(=O)CN2C=N[NH2+]N2)c2ccccc2)cc1F. The monoisotopic (exact) mass is 489 g/mol. The van der Waals surface area contributed by atoms with E-state index in [0.29, 0.717) is 5.56 Å². The number of quaternary nitrogens is 1. The van der Waals surface area contributed by atoms with Gasteiger partial charge in [0.1, 0.15) is 30.4 Å². The van der Waals surface area contributed by atoms with Crippen LogP contribution in [0.5, 0.6) is 0 Å². The molecule has 2 heterocycles. The quantitative estimate of drug-likeness (QED) is 0.514. The standard InChI is InChI=1S/C24H27F3N6O2/c1-14(2)22-18(26)8-16(9-19(22)27)23(15-6-4-3-5-7-15)29-24(35)20-10-17(25)11-33(20)21(34)12-32-13-28-30-31-32/h3-9,13-14,17,20,23,30-31H,10-12H2,1-2H3,(H,29,35)/p+1/t17-,20+,23+/m1/s1. The molecule has 2 aliphatic rings. The number of carbonyl (C=O) groups excluding carboxylic acids is 2. The average Bonchev–Trinajstić information content (AvgIpc) is 3.46. The first-order valence-electron chi connectivity index (χ1n) is 11.4. The van der Waals surface area contributed by atoms with Crippen LogP contribution in [0.1, 0.15) is 48.9 Å². The van der Waals surface area contributed by atoms with Crippen molar-refractivity contribution in [3.8, 4) is 0 Å². The van der Waals surface area contributed by atoms with E-state index in [2.05, 4.69) is 16.0 Å². The average molecular weight is 490 g/mol. The minimum absolute atomic E-state index is 0.0315. The highest BCUT2D eigenvalue weighted by Gasteiger charge is 2.41. The Balaban J connectivity index is 1.60. The van der Waals surface area contributed by atoms with Crippen molar-refractivity contribution in [2.45, 2.75) is 44.4 Å². The zero-order valence-corrected chi connectivity index (χ0v) is 19.4. The van der Waals surface area contributed by atoms with Crippen LogP contribution >= 0.6 is 0 Å². The molecule has 4 N–H and O–H groups in total. The normalized spacial score (nSPS) is 20.5. The summed E-state index contributed by atoms with van der Waals surface area (Å²) in [6.07, 6.45) is -0.121. The third-order valence-corrected chi connectivity index (χ3v) is 6.11. The topological polar surface area (TPSA) is 93.7 Å². The molecule has 0 radical (unpaired) electrons. The Morgan fingerprint density at radius 1 is 1.17 bits per heavy atom. The minimum Gasteiger partial charge on any atom is -0.343 e. The molecule has 8 nitrogen and oxygen atoms in total. The second kappa shape index (κ2) is 10.4. The van der Waals surface area contributed by atoms with Crippen LogP contribution in [0, 0.1) is 11.6 Å². The van der Waals surface area contributed by atoms with Crippen LogP contribution in [0.25, 0.3) is 0 Å². The summed E-state index contributed by atoms with van der Waals surface area (Å²) in [5.41, 5.74) is 4.91. The molecule has 1 fully saturated rings. The fourth-order valence-electron chi connectivity index (χ4n) is 4.45. The Morgan fingerprint density at radius 3 is 2.46 bits per heavy atom. The van der Waals surface area contributed by atoms with Crippen molar-refractivity contribution >= 4 is 18.2 Å². The van der Waals surface area contributed by atoms with Crippen molar-refractivity contribution in [2.75, 3.05) is 13.1 Å². The second-order valence-electron chi connectivity index (χ2n) is 8.95. The molecule has 0 aliphatic carbocycles. The summed E-state index contributed by atoms with van der Waals surface area (Å²) in [5, 5.41) is 8.04. The van der Waals surface area contributed by atoms with E-state index in [9.17, 15) is 22.8 Å². The number of nitrogens with two attached hydrogens (primary N) is 1. The van der Waals surface area contributed by atoms with Gasteiger partial charge in [-0.1, -0.05) is 49.3 Å². The second-order valence-corrected chi connectivity index (χ2v) is 8.95. The van der Waals surface area contributed by atoms with Crippen LogP contribution in [0.2, 0.25) is 0 Å². The van der Waals surface area contributed by atoms with Gasteiger partial charge in [0.15, 0.2) is 6.34 Å². The molecule has 35 heavy (non-hydrogen) atoms. The zero-order chi connectivity index (χ0) is 25.1. The lowest BCUT2D eigenvalue weighted by molar-refractivity contribution is -0.725. The number of nitrogens with one attached hydrogen (secondary N) is 2. The molecule has 4 rings (SSSR count).